The number of thiophene rings is 1. The molecule has 1 amide bonds. The fourth-order valence-corrected chi connectivity index (χ4v) is 3.13. The largest absolute Gasteiger partial charge is 0.416 e. The fourth-order valence-electron chi connectivity index (χ4n) is 2.50. The Balaban J connectivity index is 1.88. The molecule has 2 aromatic carbocycles. The van der Waals surface area contributed by atoms with E-state index in [4.69, 9.17) is 0 Å². The van der Waals surface area contributed by atoms with Gasteiger partial charge < -0.3 is 10.6 Å². The summed E-state index contributed by atoms with van der Waals surface area (Å²) in [6, 6.07) is 15.9. The van der Waals surface area contributed by atoms with Crippen LogP contribution in [-0.4, -0.2) is 17.9 Å². The standard InChI is InChI=1S/C20H15F3N2O2S/c21-20(22,23)14-8-4-9-15(12-14)24-18(17(26)13-6-2-1-3-7-13)25-19(27)16-10-5-11-28-16/h1-12,18,24H,(H,25,27)/t18-/m1/s1. The molecular weight excluding hydrogens is 389 g/mol. The molecule has 8 heteroatoms. The van der Waals surface area contributed by atoms with Crippen LogP contribution in [-0.2, 0) is 6.18 Å². The second kappa shape index (κ2) is 8.26. The van der Waals surface area contributed by atoms with Gasteiger partial charge in [0.1, 0.15) is 0 Å². The molecule has 28 heavy (non-hydrogen) atoms. The summed E-state index contributed by atoms with van der Waals surface area (Å²) in [7, 11) is 0. The molecule has 1 heterocycles. The van der Waals surface area contributed by atoms with Crippen LogP contribution in [0.2, 0.25) is 0 Å². The lowest BCUT2D eigenvalue weighted by molar-refractivity contribution is -0.137. The highest BCUT2D eigenvalue weighted by atomic mass is 32.1. The number of carbonyl (C=O) groups excluding carboxylic acids is 2. The van der Waals surface area contributed by atoms with Gasteiger partial charge in [0.15, 0.2) is 6.17 Å². The average molecular weight is 404 g/mol. The minimum Gasteiger partial charge on any atom is -0.359 e. The zero-order valence-corrected chi connectivity index (χ0v) is 15.2. The number of Topliss-reactive ketones (excluding diaryl/α,β-unsaturated/α-hetero) is 1. The van der Waals surface area contributed by atoms with Crippen LogP contribution in [0.5, 0.6) is 0 Å². The number of amides is 1. The Morgan fingerprint density at radius 3 is 2.32 bits per heavy atom. The third-order valence-corrected chi connectivity index (χ3v) is 4.71. The minimum atomic E-state index is -4.52. The van der Waals surface area contributed by atoms with E-state index in [0.29, 0.717) is 10.4 Å². The molecule has 0 saturated carbocycles. The van der Waals surface area contributed by atoms with Crippen molar-refractivity contribution in [2.75, 3.05) is 5.32 Å². The number of hydrogen-bond donors (Lipinski definition) is 2. The summed E-state index contributed by atoms with van der Waals surface area (Å²) >= 11 is 1.19. The van der Waals surface area contributed by atoms with E-state index in [9.17, 15) is 22.8 Å². The predicted molar refractivity (Wildman–Crippen MR) is 101 cm³/mol. The summed E-state index contributed by atoms with van der Waals surface area (Å²) in [5.74, 6) is -0.966. The van der Waals surface area contributed by atoms with Gasteiger partial charge in [-0.3, -0.25) is 9.59 Å². The van der Waals surface area contributed by atoms with E-state index in [2.05, 4.69) is 10.6 Å². The molecule has 0 saturated heterocycles. The van der Waals surface area contributed by atoms with Crippen molar-refractivity contribution in [1.82, 2.24) is 5.32 Å². The van der Waals surface area contributed by atoms with Gasteiger partial charge >= 0.3 is 6.18 Å². The molecule has 2 N–H and O–H groups in total. The van der Waals surface area contributed by atoms with Crippen LogP contribution in [0.25, 0.3) is 0 Å². The zero-order chi connectivity index (χ0) is 20.1. The highest BCUT2D eigenvalue weighted by molar-refractivity contribution is 7.12. The Labute approximate surface area is 163 Å². The third kappa shape index (κ3) is 4.77. The molecule has 0 unspecified atom stereocenters. The summed E-state index contributed by atoms with van der Waals surface area (Å²) in [5.41, 5.74) is -0.470. The van der Waals surface area contributed by atoms with Crippen LogP contribution in [0.3, 0.4) is 0 Å². The lowest BCUT2D eigenvalue weighted by Gasteiger charge is -2.21. The normalized spacial score (nSPS) is 12.2. The predicted octanol–water partition coefficient (Wildman–Crippen LogP) is 4.82. The number of halogens is 3. The van der Waals surface area contributed by atoms with Crippen LogP contribution in [0.4, 0.5) is 18.9 Å². The van der Waals surface area contributed by atoms with Gasteiger partial charge in [0.2, 0.25) is 5.78 Å². The first kappa shape index (κ1) is 19.6. The van der Waals surface area contributed by atoms with Crippen molar-refractivity contribution in [1.29, 1.82) is 0 Å². The maximum atomic E-state index is 13.0. The van der Waals surface area contributed by atoms with Crippen LogP contribution < -0.4 is 10.6 Å². The van der Waals surface area contributed by atoms with Gasteiger partial charge in [0, 0.05) is 11.3 Å². The lowest BCUT2D eigenvalue weighted by atomic mass is 10.1. The molecular formula is C20H15F3N2O2S. The number of benzene rings is 2. The Hall–Kier alpha value is -3.13. The Bertz CT molecular complexity index is 957. The van der Waals surface area contributed by atoms with Gasteiger partial charge in [-0.15, -0.1) is 11.3 Å². The molecule has 1 aromatic heterocycles. The van der Waals surface area contributed by atoms with Crippen molar-refractivity contribution in [2.24, 2.45) is 0 Å². The number of alkyl halides is 3. The van der Waals surface area contributed by atoms with Gasteiger partial charge in [-0.2, -0.15) is 13.2 Å². The molecule has 0 aliphatic heterocycles. The molecule has 0 radical (unpaired) electrons. The van der Waals surface area contributed by atoms with Crippen molar-refractivity contribution in [3.05, 3.63) is 88.1 Å². The summed E-state index contributed by atoms with van der Waals surface area (Å²) in [6.45, 7) is 0. The van der Waals surface area contributed by atoms with Crippen LogP contribution >= 0.6 is 11.3 Å². The lowest BCUT2D eigenvalue weighted by Crippen LogP contribution is -2.46. The molecule has 4 nitrogen and oxygen atoms in total. The second-order valence-electron chi connectivity index (χ2n) is 5.84. The highest BCUT2D eigenvalue weighted by Gasteiger charge is 2.31. The molecule has 0 fully saturated rings. The topological polar surface area (TPSA) is 58.2 Å². The Kier molecular flexibility index (Phi) is 5.79. The van der Waals surface area contributed by atoms with Gasteiger partial charge in [-0.1, -0.05) is 42.5 Å². The number of hydrogen-bond acceptors (Lipinski definition) is 4. The maximum absolute atomic E-state index is 13.0. The SMILES string of the molecule is O=C(N[C@@H](Nc1cccc(C(F)(F)F)c1)C(=O)c1ccccc1)c1cccs1. The molecule has 0 bridgehead atoms. The highest BCUT2D eigenvalue weighted by Crippen LogP contribution is 2.30. The van der Waals surface area contributed by atoms with Crippen molar-refractivity contribution in [2.45, 2.75) is 12.3 Å². The number of nitrogens with one attached hydrogen (secondary N) is 2. The maximum Gasteiger partial charge on any atom is 0.416 e. The van der Waals surface area contributed by atoms with Gasteiger partial charge in [0.25, 0.3) is 5.91 Å². The van der Waals surface area contributed by atoms with Gasteiger partial charge in [0.05, 0.1) is 10.4 Å². The quantitative estimate of drug-likeness (QED) is 0.458. The molecule has 1 atom stereocenters. The van der Waals surface area contributed by atoms with E-state index in [1.807, 2.05) is 0 Å². The number of carbonyl (C=O) groups is 2. The van der Waals surface area contributed by atoms with Crippen LogP contribution in [0.1, 0.15) is 25.6 Å². The van der Waals surface area contributed by atoms with E-state index in [0.717, 1.165) is 12.1 Å². The first-order valence-corrected chi connectivity index (χ1v) is 9.10. The molecule has 144 valence electrons. The van der Waals surface area contributed by atoms with Crippen molar-refractivity contribution < 1.29 is 22.8 Å². The first-order chi connectivity index (χ1) is 13.3. The smallest absolute Gasteiger partial charge is 0.359 e. The molecule has 0 aliphatic carbocycles. The van der Waals surface area contributed by atoms with E-state index < -0.39 is 29.6 Å². The average Bonchev–Trinajstić information content (AvgIpc) is 3.22. The molecule has 3 aromatic rings. The first-order valence-electron chi connectivity index (χ1n) is 8.22. The van der Waals surface area contributed by atoms with Gasteiger partial charge in [-0.25, -0.2) is 0 Å². The molecule has 3 rings (SSSR count). The number of ketones is 1. The van der Waals surface area contributed by atoms with E-state index in [1.165, 1.54) is 23.5 Å². The summed E-state index contributed by atoms with van der Waals surface area (Å²) in [6.07, 6.45) is -5.75. The van der Waals surface area contributed by atoms with Crippen LogP contribution in [0.15, 0.2) is 72.1 Å². The van der Waals surface area contributed by atoms with Crippen molar-refractivity contribution in [3.63, 3.8) is 0 Å². The van der Waals surface area contributed by atoms with E-state index >= 15 is 0 Å². The molecule has 0 spiro atoms. The number of anilines is 1. The van der Waals surface area contributed by atoms with Crippen molar-refractivity contribution >= 4 is 28.7 Å². The summed E-state index contributed by atoms with van der Waals surface area (Å²) < 4.78 is 38.9. The van der Waals surface area contributed by atoms with E-state index in [-0.39, 0.29) is 5.69 Å². The second-order valence-corrected chi connectivity index (χ2v) is 6.78. The van der Waals surface area contributed by atoms with Crippen molar-refractivity contribution in [3.8, 4) is 0 Å². The molecule has 0 aliphatic rings. The monoisotopic (exact) mass is 404 g/mol. The van der Waals surface area contributed by atoms with E-state index in [1.54, 1.807) is 47.8 Å². The summed E-state index contributed by atoms with van der Waals surface area (Å²) in [4.78, 5) is 25.6. The minimum absolute atomic E-state index is 0.0654. The zero-order valence-electron chi connectivity index (χ0n) is 14.4. The van der Waals surface area contributed by atoms with Gasteiger partial charge in [-0.05, 0) is 29.6 Å². The third-order valence-electron chi connectivity index (χ3n) is 3.84. The van der Waals surface area contributed by atoms with Crippen LogP contribution in [0, 0.1) is 0 Å². The summed E-state index contributed by atoms with van der Waals surface area (Å²) in [5, 5.41) is 6.97. The Morgan fingerprint density at radius 2 is 1.68 bits per heavy atom. The number of rotatable bonds is 6. The fraction of sp³-hybridized carbons (Fsp3) is 0.100. The Morgan fingerprint density at radius 1 is 0.929 bits per heavy atom.